The van der Waals surface area contributed by atoms with Gasteiger partial charge >= 0.3 is 0 Å². The summed E-state index contributed by atoms with van der Waals surface area (Å²) >= 11 is 0. The Hall–Kier alpha value is -1.02. The molecule has 0 saturated heterocycles. The zero-order valence-electron chi connectivity index (χ0n) is 11.1. The largest absolute Gasteiger partial charge is 0.396 e. The van der Waals surface area contributed by atoms with Gasteiger partial charge in [0.1, 0.15) is 0 Å². The third kappa shape index (κ3) is 2.32. The average Bonchev–Trinajstić information content (AvgIpc) is 2.66. The van der Waals surface area contributed by atoms with Gasteiger partial charge in [0.05, 0.1) is 6.61 Å². The lowest BCUT2D eigenvalue weighted by Crippen LogP contribution is -2.41. The van der Waals surface area contributed by atoms with Crippen LogP contribution in [0, 0.1) is 5.41 Å². The number of rotatable bonds is 4. The maximum absolute atomic E-state index is 9.55. The first kappa shape index (κ1) is 12.4. The number of nitrogens with zero attached hydrogens (tertiary/aromatic N) is 1. The SMILES string of the molecule is CCC(C)(CO)CN1c2ccccc2CC1C. The van der Waals surface area contributed by atoms with E-state index in [1.54, 1.807) is 0 Å². The minimum atomic E-state index is 0.00567. The summed E-state index contributed by atoms with van der Waals surface area (Å²) in [6.07, 6.45) is 2.14. The number of hydrogen-bond acceptors (Lipinski definition) is 2. The summed E-state index contributed by atoms with van der Waals surface area (Å²) in [5, 5.41) is 9.55. The quantitative estimate of drug-likeness (QED) is 0.864. The van der Waals surface area contributed by atoms with Gasteiger partial charge in [-0.1, -0.05) is 32.0 Å². The number of aliphatic hydroxyl groups is 1. The lowest BCUT2D eigenvalue weighted by Gasteiger charge is -2.35. The van der Waals surface area contributed by atoms with Gasteiger partial charge in [0, 0.05) is 23.7 Å². The zero-order valence-corrected chi connectivity index (χ0v) is 11.1. The topological polar surface area (TPSA) is 23.5 Å². The van der Waals surface area contributed by atoms with Crippen molar-refractivity contribution in [3.05, 3.63) is 29.8 Å². The van der Waals surface area contributed by atoms with Gasteiger partial charge in [0.2, 0.25) is 0 Å². The lowest BCUT2D eigenvalue weighted by atomic mass is 9.87. The molecule has 0 amide bonds. The molecule has 2 heteroatoms. The minimum absolute atomic E-state index is 0.00567. The molecule has 1 N–H and O–H groups in total. The Kier molecular flexibility index (Phi) is 3.43. The fourth-order valence-electron chi connectivity index (χ4n) is 2.56. The highest BCUT2D eigenvalue weighted by atomic mass is 16.3. The van der Waals surface area contributed by atoms with Gasteiger partial charge in [0.15, 0.2) is 0 Å². The van der Waals surface area contributed by atoms with E-state index in [9.17, 15) is 5.11 Å². The van der Waals surface area contributed by atoms with Crippen LogP contribution in [0.3, 0.4) is 0 Å². The molecule has 17 heavy (non-hydrogen) atoms. The second-order valence-electron chi connectivity index (χ2n) is 5.63. The van der Waals surface area contributed by atoms with Crippen LogP contribution in [0.15, 0.2) is 24.3 Å². The molecule has 0 aromatic heterocycles. The highest BCUT2D eigenvalue weighted by Gasteiger charge is 2.31. The monoisotopic (exact) mass is 233 g/mol. The van der Waals surface area contributed by atoms with Crippen molar-refractivity contribution in [2.45, 2.75) is 39.7 Å². The molecule has 1 heterocycles. The van der Waals surface area contributed by atoms with Crippen LogP contribution in [0.1, 0.15) is 32.8 Å². The van der Waals surface area contributed by atoms with Crippen LogP contribution in [-0.4, -0.2) is 24.3 Å². The number of para-hydroxylation sites is 1. The highest BCUT2D eigenvalue weighted by Crippen LogP contribution is 2.35. The maximum Gasteiger partial charge on any atom is 0.0501 e. The van der Waals surface area contributed by atoms with Crippen molar-refractivity contribution in [3.63, 3.8) is 0 Å². The van der Waals surface area contributed by atoms with Gasteiger partial charge in [-0.15, -0.1) is 0 Å². The number of benzene rings is 1. The van der Waals surface area contributed by atoms with Crippen molar-refractivity contribution >= 4 is 5.69 Å². The molecule has 1 aromatic carbocycles. The molecular formula is C15H23NO. The Morgan fingerprint density at radius 3 is 2.76 bits per heavy atom. The molecule has 2 rings (SSSR count). The third-order valence-corrected chi connectivity index (χ3v) is 4.14. The average molecular weight is 233 g/mol. The normalized spacial score (nSPS) is 22.4. The number of aliphatic hydroxyl groups excluding tert-OH is 1. The molecule has 1 aliphatic heterocycles. The van der Waals surface area contributed by atoms with Gasteiger partial charge in [-0.2, -0.15) is 0 Å². The van der Waals surface area contributed by atoms with Crippen molar-refractivity contribution in [2.75, 3.05) is 18.1 Å². The molecule has 0 bridgehead atoms. The van der Waals surface area contributed by atoms with E-state index in [1.807, 2.05) is 0 Å². The fraction of sp³-hybridized carbons (Fsp3) is 0.600. The summed E-state index contributed by atoms with van der Waals surface area (Å²) in [5.74, 6) is 0. The maximum atomic E-state index is 9.55. The molecule has 0 radical (unpaired) electrons. The molecule has 94 valence electrons. The van der Waals surface area contributed by atoms with Gasteiger partial charge in [0.25, 0.3) is 0 Å². The van der Waals surface area contributed by atoms with Crippen molar-refractivity contribution in [3.8, 4) is 0 Å². The molecule has 0 spiro atoms. The molecule has 0 aliphatic carbocycles. The van der Waals surface area contributed by atoms with Crippen molar-refractivity contribution in [1.82, 2.24) is 0 Å². The van der Waals surface area contributed by atoms with Gasteiger partial charge in [-0.05, 0) is 31.4 Å². The summed E-state index contributed by atoms with van der Waals surface area (Å²) in [4.78, 5) is 2.45. The zero-order chi connectivity index (χ0) is 12.5. The molecular weight excluding hydrogens is 210 g/mol. The minimum Gasteiger partial charge on any atom is -0.396 e. The molecule has 0 saturated carbocycles. The van der Waals surface area contributed by atoms with Gasteiger partial charge < -0.3 is 10.0 Å². The van der Waals surface area contributed by atoms with Crippen molar-refractivity contribution < 1.29 is 5.11 Å². The number of anilines is 1. The first-order chi connectivity index (χ1) is 8.09. The molecule has 0 fully saturated rings. The molecule has 2 unspecified atom stereocenters. The van der Waals surface area contributed by atoms with Gasteiger partial charge in [-0.3, -0.25) is 0 Å². The van der Waals surface area contributed by atoms with Crippen LogP contribution < -0.4 is 4.90 Å². The van der Waals surface area contributed by atoms with Crippen LogP contribution in [0.25, 0.3) is 0 Å². The lowest BCUT2D eigenvalue weighted by molar-refractivity contribution is 0.141. The smallest absolute Gasteiger partial charge is 0.0501 e. The second-order valence-corrected chi connectivity index (χ2v) is 5.63. The summed E-state index contributed by atoms with van der Waals surface area (Å²) in [6, 6.07) is 9.18. The Morgan fingerprint density at radius 1 is 1.41 bits per heavy atom. The van der Waals surface area contributed by atoms with Crippen LogP contribution in [0.4, 0.5) is 5.69 Å². The van der Waals surface area contributed by atoms with E-state index in [4.69, 9.17) is 0 Å². The Balaban J connectivity index is 2.22. The van der Waals surface area contributed by atoms with E-state index in [1.165, 1.54) is 11.3 Å². The standard InChI is InChI=1S/C15H23NO/c1-4-15(3,11-17)10-16-12(2)9-13-7-5-6-8-14(13)16/h5-8,12,17H,4,9-11H2,1-3H3. The predicted octanol–water partition coefficient (Wildman–Crippen LogP) is 2.85. The van der Waals surface area contributed by atoms with Crippen LogP contribution in [-0.2, 0) is 6.42 Å². The fourth-order valence-corrected chi connectivity index (χ4v) is 2.56. The predicted molar refractivity (Wildman–Crippen MR) is 72.4 cm³/mol. The summed E-state index contributed by atoms with van der Waals surface area (Å²) < 4.78 is 0. The second kappa shape index (κ2) is 4.69. The van der Waals surface area contributed by atoms with E-state index in [0.717, 1.165) is 19.4 Å². The summed E-state index contributed by atoms with van der Waals surface area (Å²) in [7, 11) is 0. The number of fused-ring (bicyclic) bond motifs is 1. The van der Waals surface area contributed by atoms with E-state index in [-0.39, 0.29) is 12.0 Å². The van der Waals surface area contributed by atoms with Crippen LogP contribution in [0.2, 0.25) is 0 Å². The van der Waals surface area contributed by atoms with E-state index in [0.29, 0.717) is 6.04 Å². The Labute approximate surface area is 104 Å². The summed E-state index contributed by atoms with van der Waals surface area (Å²) in [6.45, 7) is 7.80. The van der Waals surface area contributed by atoms with E-state index >= 15 is 0 Å². The van der Waals surface area contributed by atoms with E-state index in [2.05, 4.69) is 49.9 Å². The number of hydrogen-bond donors (Lipinski definition) is 1. The van der Waals surface area contributed by atoms with Gasteiger partial charge in [-0.25, -0.2) is 0 Å². The first-order valence-corrected chi connectivity index (χ1v) is 6.55. The molecule has 1 aromatic rings. The highest BCUT2D eigenvalue weighted by molar-refractivity contribution is 5.59. The van der Waals surface area contributed by atoms with Crippen molar-refractivity contribution in [1.29, 1.82) is 0 Å². The van der Waals surface area contributed by atoms with Crippen LogP contribution in [0.5, 0.6) is 0 Å². The molecule has 2 nitrogen and oxygen atoms in total. The Morgan fingerprint density at radius 2 is 2.12 bits per heavy atom. The van der Waals surface area contributed by atoms with Crippen LogP contribution >= 0.6 is 0 Å². The first-order valence-electron chi connectivity index (χ1n) is 6.55. The molecule has 1 aliphatic rings. The van der Waals surface area contributed by atoms with E-state index < -0.39 is 0 Å². The van der Waals surface area contributed by atoms with Crippen molar-refractivity contribution in [2.24, 2.45) is 5.41 Å². The third-order valence-electron chi connectivity index (χ3n) is 4.14. The molecule has 2 atom stereocenters. The Bertz CT molecular complexity index is 384. The summed E-state index contributed by atoms with van der Waals surface area (Å²) in [5.41, 5.74) is 2.80.